The molecule has 30 heavy (non-hydrogen) atoms. The zero-order valence-corrected chi connectivity index (χ0v) is 17.8. The molecule has 0 bridgehead atoms. The first kappa shape index (κ1) is 20.3. The first-order valence-electron chi connectivity index (χ1n) is 10.3. The Kier molecular flexibility index (Phi) is 5.92. The van der Waals surface area contributed by atoms with Gasteiger partial charge in [0, 0.05) is 32.2 Å². The fraction of sp³-hybridized carbons (Fsp3) is 0.500. The predicted molar refractivity (Wildman–Crippen MR) is 112 cm³/mol. The quantitative estimate of drug-likeness (QED) is 0.746. The van der Waals surface area contributed by atoms with Gasteiger partial charge in [-0.3, -0.25) is 4.79 Å². The van der Waals surface area contributed by atoms with Gasteiger partial charge in [0.05, 0.1) is 27.2 Å². The van der Waals surface area contributed by atoms with Crippen LogP contribution in [0.3, 0.4) is 0 Å². The summed E-state index contributed by atoms with van der Waals surface area (Å²) in [6, 6.07) is 7.72. The van der Waals surface area contributed by atoms with Crippen LogP contribution in [0.2, 0.25) is 0 Å². The summed E-state index contributed by atoms with van der Waals surface area (Å²) in [5, 5.41) is 8.30. The molecule has 0 saturated carbocycles. The average molecular weight is 412 g/mol. The standard InChI is InChI=1S/C22H28N4O4/c1-28-18-11-15-8-10-26(14-17(15)12-19(18)29-2)22(27)16-5-4-9-25(13-16)20-6-7-21(30-3)24-23-20/h6-7,11-12,16H,4-5,8-10,13-14H2,1-3H3. The van der Waals surface area contributed by atoms with Crippen LogP contribution >= 0.6 is 0 Å². The van der Waals surface area contributed by atoms with Crippen molar-refractivity contribution in [3.63, 3.8) is 0 Å². The molecule has 3 heterocycles. The van der Waals surface area contributed by atoms with Crippen LogP contribution in [0.4, 0.5) is 5.82 Å². The van der Waals surface area contributed by atoms with Crippen molar-refractivity contribution < 1.29 is 19.0 Å². The van der Waals surface area contributed by atoms with E-state index in [0.717, 1.165) is 49.5 Å². The highest BCUT2D eigenvalue weighted by molar-refractivity contribution is 5.80. The Labute approximate surface area is 176 Å². The third kappa shape index (κ3) is 3.99. The second kappa shape index (κ2) is 8.77. The van der Waals surface area contributed by atoms with E-state index >= 15 is 0 Å². The Bertz CT molecular complexity index is 903. The van der Waals surface area contributed by atoms with Crippen molar-refractivity contribution in [2.45, 2.75) is 25.8 Å². The Morgan fingerprint density at radius 3 is 2.43 bits per heavy atom. The lowest BCUT2D eigenvalue weighted by Crippen LogP contribution is -2.46. The van der Waals surface area contributed by atoms with E-state index in [1.165, 1.54) is 5.56 Å². The molecule has 0 N–H and O–H groups in total. The number of aromatic nitrogens is 2. The van der Waals surface area contributed by atoms with Crippen LogP contribution in [0.25, 0.3) is 0 Å². The Hall–Kier alpha value is -3.03. The molecule has 160 valence electrons. The highest BCUT2D eigenvalue weighted by Crippen LogP contribution is 2.34. The van der Waals surface area contributed by atoms with Crippen LogP contribution in [0.1, 0.15) is 24.0 Å². The van der Waals surface area contributed by atoms with E-state index in [0.29, 0.717) is 24.7 Å². The van der Waals surface area contributed by atoms with E-state index in [2.05, 4.69) is 15.1 Å². The maximum Gasteiger partial charge on any atom is 0.233 e. The normalized spacial score (nSPS) is 18.6. The van der Waals surface area contributed by atoms with E-state index in [1.807, 2.05) is 23.1 Å². The van der Waals surface area contributed by atoms with Gasteiger partial charge in [-0.1, -0.05) is 0 Å². The topological polar surface area (TPSA) is 77.0 Å². The number of carbonyl (C=O) groups is 1. The zero-order valence-electron chi connectivity index (χ0n) is 17.8. The third-order valence-electron chi connectivity index (χ3n) is 5.96. The summed E-state index contributed by atoms with van der Waals surface area (Å²) in [6.45, 7) is 2.87. The molecule has 0 spiro atoms. The highest BCUT2D eigenvalue weighted by atomic mass is 16.5. The number of fused-ring (bicyclic) bond motifs is 1. The van der Waals surface area contributed by atoms with Gasteiger partial charge >= 0.3 is 0 Å². The molecule has 0 aliphatic carbocycles. The van der Waals surface area contributed by atoms with Crippen LogP contribution in [-0.2, 0) is 17.8 Å². The molecular weight excluding hydrogens is 384 g/mol. The van der Waals surface area contributed by atoms with Gasteiger partial charge in [0.15, 0.2) is 17.3 Å². The van der Waals surface area contributed by atoms with Crippen molar-refractivity contribution >= 4 is 11.7 Å². The number of carbonyl (C=O) groups excluding carboxylic acids is 1. The lowest BCUT2D eigenvalue weighted by molar-refractivity contribution is -0.136. The number of benzene rings is 1. The van der Waals surface area contributed by atoms with Gasteiger partial charge in [-0.15, -0.1) is 10.2 Å². The molecule has 1 aromatic heterocycles. The van der Waals surface area contributed by atoms with E-state index < -0.39 is 0 Å². The van der Waals surface area contributed by atoms with Crippen molar-refractivity contribution in [2.24, 2.45) is 5.92 Å². The zero-order chi connectivity index (χ0) is 21.1. The molecule has 1 amide bonds. The van der Waals surface area contributed by atoms with Crippen LogP contribution < -0.4 is 19.1 Å². The molecule has 1 unspecified atom stereocenters. The summed E-state index contributed by atoms with van der Waals surface area (Å²) in [6.07, 6.45) is 2.68. The van der Waals surface area contributed by atoms with Crippen molar-refractivity contribution in [1.82, 2.24) is 15.1 Å². The number of nitrogens with zero attached hydrogens (tertiary/aromatic N) is 4. The average Bonchev–Trinajstić information content (AvgIpc) is 2.82. The molecule has 2 aromatic rings. The van der Waals surface area contributed by atoms with Crippen LogP contribution in [0.15, 0.2) is 24.3 Å². The van der Waals surface area contributed by atoms with Crippen LogP contribution in [-0.4, -0.2) is 62.0 Å². The summed E-state index contributed by atoms with van der Waals surface area (Å²) in [4.78, 5) is 17.4. The van der Waals surface area contributed by atoms with Gasteiger partial charge in [-0.25, -0.2) is 0 Å². The number of hydrogen-bond donors (Lipinski definition) is 0. The molecule has 1 atom stereocenters. The van der Waals surface area contributed by atoms with Crippen molar-refractivity contribution in [1.29, 1.82) is 0 Å². The monoisotopic (exact) mass is 412 g/mol. The number of amides is 1. The maximum atomic E-state index is 13.3. The number of rotatable bonds is 5. The molecule has 2 aliphatic rings. The first-order valence-corrected chi connectivity index (χ1v) is 10.3. The Morgan fingerprint density at radius 1 is 1.00 bits per heavy atom. The van der Waals surface area contributed by atoms with Gasteiger partial charge in [-0.05, 0) is 48.6 Å². The Balaban J connectivity index is 1.45. The van der Waals surface area contributed by atoms with Crippen molar-refractivity contribution in [3.05, 3.63) is 35.4 Å². The minimum absolute atomic E-state index is 0.0376. The van der Waals surface area contributed by atoms with Crippen molar-refractivity contribution in [2.75, 3.05) is 45.9 Å². The van der Waals surface area contributed by atoms with E-state index in [9.17, 15) is 4.79 Å². The van der Waals surface area contributed by atoms with Gasteiger partial charge in [-0.2, -0.15) is 0 Å². The minimum atomic E-state index is -0.0376. The minimum Gasteiger partial charge on any atom is -0.493 e. The fourth-order valence-corrected chi connectivity index (χ4v) is 4.31. The summed E-state index contributed by atoms with van der Waals surface area (Å²) < 4.78 is 15.9. The molecule has 1 saturated heterocycles. The number of methoxy groups -OCH3 is 3. The number of piperidine rings is 1. The van der Waals surface area contributed by atoms with Gasteiger partial charge in [0.25, 0.3) is 0 Å². The van der Waals surface area contributed by atoms with E-state index in [-0.39, 0.29) is 11.8 Å². The van der Waals surface area contributed by atoms with Crippen molar-refractivity contribution in [3.8, 4) is 17.4 Å². The molecule has 4 rings (SSSR count). The molecule has 8 heteroatoms. The fourth-order valence-electron chi connectivity index (χ4n) is 4.31. The maximum absolute atomic E-state index is 13.3. The molecule has 0 radical (unpaired) electrons. The van der Waals surface area contributed by atoms with Crippen LogP contribution in [0, 0.1) is 5.92 Å². The summed E-state index contributed by atoms with van der Waals surface area (Å²) in [5.74, 6) is 2.88. The highest BCUT2D eigenvalue weighted by Gasteiger charge is 2.32. The molecule has 1 fully saturated rings. The van der Waals surface area contributed by atoms with Gasteiger partial charge < -0.3 is 24.0 Å². The molecule has 8 nitrogen and oxygen atoms in total. The number of anilines is 1. The van der Waals surface area contributed by atoms with Gasteiger partial charge in [0.2, 0.25) is 11.8 Å². The number of hydrogen-bond acceptors (Lipinski definition) is 7. The van der Waals surface area contributed by atoms with Crippen LogP contribution in [0.5, 0.6) is 17.4 Å². The summed E-state index contributed by atoms with van der Waals surface area (Å²) in [7, 11) is 4.85. The summed E-state index contributed by atoms with van der Waals surface area (Å²) in [5.41, 5.74) is 2.34. The molecular formula is C22H28N4O4. The SMILES string of the molecule is COc1ccc(N2CCCC(C(=O)N3CCc4cc(OC)c(OC)cc4C3)C2)nn1. The second-order valence-corrected chi connectivity index (χ2v) is 7.70. The third-order valence-corrected chi connectivity index (χ3v) is 5.96. The largest absolute Gasteiger partial charge is 0.493 e. The lowest BCUT2D eigenvalue weighted by atomic mass is 9.93. The molecule has 2 aliphatic heterocycles. The number of ether oxygens (including phenoxy) is 3. The second-order valence-electron chi connectivity index (χ2n) is 7.70. The lowest BCUT2D eigenvalue weighted by Gasteiger charge is -2.37. The van der Waals surface area contributed by atoms with Gasteiger partial charge in [0.1, 0.15) is 0 Å². The smallest absolute Gasteiger partial charge is 0.233 e. The first-order chi connectivity index (χ1) is 14.6. The molecule has 1 aromatic carbocycles. The van der Waals surface area contributed by atoms with E-state index in [4.69, 9.17) is 14.2 Å². The Morgan fingerprint density at radius 2 is 1.77 bits per heavy atom. The predicted octanol–water partition coefficient (Wildman–Crippen LogP) is 2.30. The van der Waals surface area contributed by atoms with E-state index in [1.54, 1.807) is 27.4 Å². The summed E-state index contributed by atoms with van der Waals surface area (Å²) >= 11 is 0.